The molecule has 3 unspecified atom stereocenters. The highest BCUT2D eigenvalue weighted by molar-refractivity contribution is 5.97. The molecule has 2 saturated heterocycles. The quantitative estimate of drug-likeness (QED) is 0.820. The van der Waals surface area contributed by atoms with Crippen LogP contribution in [0.15, 0.2) is 24.3 Å². The molecule has 7 heteroatoms. The van der Waals surface area contributed by atoms with E-state index in [9.17, 15) is 9.59 Å². The van der Waals surface area contributed by atoms with Crippen LogP contribution in [-0.4, -0.2) is 66.9 Å². The van der Waals surface area contributed by atoms with E-state index in [-0.39, 0.29) is 30.1 Å². The number of nitrogens with one attached hydrogen (secondary N) is 2. The highest BCUT2D eigenvalue weighted by Gasteiger charge is 2.39. The highest BCUT2D eigenvalue weighted by Crippen LogP contribution is 2.38. The summed E-state index contributed by atoms with van der Waals surface area (Å²) in [6, 6.07) is 7.81. The average Bonchev–Trinajstić information content (AvgIpc) is 3.20. The SMILES string of the molecule is CC1CC1C(=O)Nc1ccc(C(=O)N2CCC(N3CCNCC3)C2)cc1.Cl. The second-order valence-corrected chi connectivity index (χ2v) is 7.87. The lowest BCUT2D eigenvalue weighted by molar-refractivity contribution is -0.117. The first-order valence-corrected chi connectivity index (χ1v) is 9.77. The van der Waals surface area contributed by atoms with Crippen molar-refractivity contribution in [1.82, 2.24) is 15.1 Å². The first-order valence-electron chi connectivity index (χ1n) is 9.77. The third-order valence-electron chi connectivity index (χ3n) is 5.96. The van der Waals surface area contributed by atoms with E-state index in [1.165, 1.54) is 0 Å². The number of hydrogen-bond donors (Lipinski definition) is 2. The molecule has 3 fully saturated rings. The third-order valence-corrected chi connectivity index (χ3v) is 5.96. The first kappa shape index (κ1) is 20.1. The van der Waals surface area contributed by atoms with E-state index in [1.807, 2.05) is 29.2 Å². The molecule has 1 aromatic rings. The molecule has 148 valence electrons. The van der Waals surface area contributed by atoms with Crippen LogP contribution in [0.1, 0.15) is 30.1 Å². The van der Waals surface area contributed by atoms with Crippen LogP contribution < -0.4 is 10.6 Å². The molecule has 0 aromatic heterocycles. The van der Waals surface area contributed by atoms with E-state index in [2.05, 4.69) is 22.5 Å². The van der Waals surface area contributed by atoms with Gasteiger partial charge in [-0.3, -0.25) is 14.5 Å². The molecule has 4 rings (SSSR count). The van der Waals surface area contributed by atoms with Crippen LogP contribution in [0.5, 0.6) is 0 Å². The fraction of sp³-hybridized carbons (Fsp3) is 0.600. The number of carbonyl (C=O) groups is 2. The third kappa shape index (κ3) is 4.62. The Labute approximate surface area is 167 Å². The Morgan fingerprint density at radius 3 is 2.41 bits per heavy atom. The molecule has 3 atom stereocenters. The summed E-state index contributed by atoms with van der Waals surface area (Å²) in [7, 11) is 0. The summed E-state index contributed by atoms with van der Waals surface area (Å²) < 4.78 is 0. The van der Waals surface area contributed by atoms with Crippen molar-refractivity contribution in [2.24, 2.45) is 11.8 Å². The summed E-state index contributed by atoms with van der Waals surface area (Å²) in [5.41, 5.74) is 1.47. The van der Waals surface area contributed by atoms with Crippen LogP contribution in [0.25, 0.3) is 0 Å². The zero-order valence-electron chi connectivity index (χ0n) is 15.8. The van der Waals surface area contributed by atoms with Crippen molar-refractivity contribution in [2.75, 3.05) is 44.6 Å². The van der Waals surface area contributed by atoms with Gasteiger partial charge in [0.2, 0.25) is 5.91 Å². The first-order chi connectivity index (χ1) is 12.6. The van der Waals surface area contributed by atoms with E-state index in [1.54, 1.807) is 0 Å². The number of rotatable bonds is 4. The smallest absolute Gasteiger partial charge is 0.253 e. The van der Waals surface area contributed by atoms with Crippen molar-refractivity contribution < 1.29 is 9.59 Å². The Hall–Kier alpha value is -1.63. The number of anilines is 1. The Morgan fingerprint density at radius 2 is 1.78 bits per heavy atom. The lowest BCUT2D eigenvalue weighted by Crippen LogP contribution is -2.49. The van der Waals surface area contributed by atoms with Gasteiger partial charge in [-0.1, -0.05) is 6.92 Å². The van der Waals surface area contributed by atoms with E-state index in [0.29, 0.717) is 17.5 Å². The van der Waals surface area contributed by atoms with Crippen molar-refractivity contribution in [1.29, 1.82) is 0 Å². The Kier molecular flexibility index (Phi) is 6.40. The van der Waals surface area contributed by atoms with Crippen LogP contribution in [0.4, 0.5) is 5.69 Å². The molecule has 0 bridgehead atoms. The molecule has 3 aliphatic rings. The standard InChI is InChI=1S/C20H28N4O2.ClH/c1-14-12-18(14)19(25)22-16-4-2-15(3-5-16)20(26)24-9-6-17(13-24)23-10-7-21-8-11-23;/h2-5,14,17-18,21H,6-13H2,1H3,(H,22,25);1H. The van der Waals surface area contributed by atoms with Crippen LogP contribution in [0.2, 0.25) is 0 Å². The minimum Gasteiger partial charge on any atom is -0.337 e. The Morgan fingerprint density at radius 1 is 1.11 bits per heavy atom. The van der Waals surface area contributed by atoms with E-state index < -0.39 is 0 Å². The summed E-state index contributed by atoms with van der Waals surface area (Å²) in [5.74, 6) is 0.837. The van der Waals surface area contributed by atoms with Gasteiger partial charge in [0.15, 0.2) is 0 Å². The van der Waals surface area contributed by atoms with Gasteiger partial charge in [-0.2, -0.15) is 0 Å². The minimum atomic E-state index is 0. The molecule has 27 heavy (non-hydrogen) atoms. The van der Waals surface area contributed by atoms with Gasteiger partial charge in [0.25, 0.3) is 5.91 Å². The van der Waals surface area contributed by atoms with Crippen LogP contribution >= 0.6 is 12.4 Å². The van der Waals surface area contributed by atoms with Gasteiger partial charge in [-0.05, 0) is 43.0 Å². The molecule has 1 aromatic carbocycles. The maximum atomic E-state index is 12.8. The van der Waals surface area contributed by atoms with Crippen molar-refractivity contribution in [3.05, 3.63) is 29.8 Å². The lowest BCUT2D eigenvalue weighted by Gasteiger charge is -2.32. The number of benzene rings is 1. The zero-order valence-corrected chi connectivity index (χ0v) is 16.6. The number of halogens is 1. The number of hydrogen-bond acceptors (Lipinski definition) is 4. The second kappa shape index (κ2) is 8.59. The molecule has 0 spiro atoms. The Bertz CT molecular complexity index is 675. The van der Waals surface area contributed by atoms with Crippen molar-refractivity contribution in [2.45, 2.75) is 25.8 Å². The van der Waals surface area contributed by atoms with Gasteiger partial charge in [-0.25, -0.2) is 0 Å². The maximum Gasteiger partial charge on any atom is 0.253 e. The number of nitrogens with zero attached hydrogens (tertiary/aromatic N) is 2. The second-order valence-electron chi connectivity index (χ2n) is 7.87. The van der Waals surface area contributed by atoms with Crippen molar-refractivity contribution in [3.8, 4) is 0 Å². The van der Waals surface area contributed by atoms with Crippen LogP contribution in [0, 0.1) is 11.8 Å². The molecule has 1 saturated carbocycles. The van der Waals surface area contributed by atoms with Gasteiger partial charge < -0.3 is 15.5 Å². The summed E-state index contributed by atoms with van der Waals surface area (Å²) in [5, 5.41) is 6.32. The largest absolute Gasteiger partial charge is 0.337 e. The van der Waals surface area contributed by atoms with Crippen LogP contribution in [-0.2, 0) is 4.79 Å². The molecule has 2 aliphatic heterocycles. The van der Waals surface area contributed by atoms with Gasteiger partial charge in [0.05, 0.1) is 0 Å². The van der Waals surface area contributed by atoms with E-state index >= 15 is 0 Å². The zero-order chi connectivity index (χ0) is 18.1. The molecule has 1 aliphatic carbocycles. The molecular formula is C20H29ClN4O2. The predicted molar refractivity (Wildman–Crippen MR) is 108 cm³/mol. The molecule has 2 heterocycles. The fourth-order valence-electron chi connectivity index (χ4n) is 4.07. The predicted octanol–water partition coefficient (Wildman–Crippen LogP) is 1.82. The fourth-order valence-corrected chi connectivity index (χ4v) is 4.07. The molecular weight excluding hydrogens is 364 g/mol. The highest BCUT2D eigenvalue weighted by atomic mass is 35.5. The molecule has 6 nitrogen and oxygen atoms in total. The monoisotopic (exact) mass is 392 g/mol. The normalized spacial score (nSPS) is 27.7. The summed E-state index contributed by atoms with van der Waals surface area (Å²) in [4.78, 5) is 29.2. The summed E-state index contributed by atoms with van der Waals surface area (Å²) in [6.45, 7) is 7.95. The number of amides is 2. The minimum absolute atomic E-state index is 0. The summed E-state index contributed by atoms with van der Waals surface area (Å²) >= 11 is 0. The van der Waals surface area contributed by atoms with E-state index in [0.717, 1.165) is 57.8 Å². The number of piperazine rings is 1. The van der Waals surface area contributed by atoms with Crippen molar-refractivity contribution in [3.63, 3.8) is 0 Å². The number of likely N-dealkylation sites (tertiary alicyclic amines) is 1. The Balaban J connectivity index is 0.00000210. The molecule has 2 amide bonds. The number of carbonyl (C=O) groups excluding carboxylic acids is 2. The molecule has 0 radical (unpaired) electrons. The van der Waals surface area contributed by atoms with Crippen LogP contribution in [0.3, 0.4) is 0 Å². The topological polar surface area (TPSA) is 64.7 Å². The summed E-state index contributed by atoms with van der Waals surface area (Å²) in [6.07, 6.45) is 2.03. The van der Waals surface area contributed by atoms with Gasteiger partial charge in [-0.15, -0.1) is 12.4 Å². The van der Waals surface area contributed by atoms with E-state index in [4.69, 9.17) is 0 Å². The van der Waals surface area contributed by atoms with Crippen molar-refractivity contribution >= 4 is 29.9 Å². The molecule has 2 N–H and O–H groups in total. The van der Waals surface area contributed by atoms with Gasteiger partial charge in [0.1, 0.15) is 0 Å². The van der Waals surface area contributed by atoms with Gasteiger partial charge >= 0.3 is 0 Å². The van der Waals surface area contributed by atoms with Gasteiger partial charge in [0, 0.05) is 62.5 Å². The lowest BCUT2D eigenvalue weighted by atomic mass is 10.1. The average molecular weight is 393 g/mol. The maximum absolute atomic E-state index is 12.8.